The highest BCUT2D eigenvalue weighted by Gasteiger charge is 2.13. The Hall–Kier alpha value is -1.06. The summed E-state index contributed by atoms with van der Waals surface area (Å²) in [5, 5.41) is 0.742. The van der Waals surface area contributed by atoms with Gasteiger partial charge in [0.2, 0.25) is 0 Å². The molecule has 4 heteroatoms. The van der Waals surface area contributed by atoms with Crippen molar-refractivity contribution in [3.63, 3.8) is 0 Å². The van der Waals surface area contributed by atoms with Crippen LogP contribution in [0.1, 0.15) is 25.6 Å². The highest BCUT2D eigenvalue weighted by Crippen LogP contribution is 2.24. The maximum atomic E-state index is 6.04. The predicted octanol–water partition coefficient (Wildman–Crippen LogP) is 3.46. The molecule has 0 N–H and O–H groups in total. The molecule has 0 aliphatic rings. The Bertz CT molecular complexity index is 519. The van der Waals surface area contributed by atoms with Gasteiger partial charge >= 0.3 is 0 Å². The molecule has 3 nitrogen and oxygen atoms in total. The van der Waals surface area contributed by atoms with Crippen molar-refractivity contribution >= 4 is 22.6 Å². The summed E-state index contributed by atoms with van der Waals surface area (Å²) in [5.41, 5.74) is 2.08. The molecule has 1 heterocycles. The van der Waals surface area contributed by atoms with Gasteiger partial charge in [-0.2, -0.15) is 0 Å². The zero-order chi connectivity index (χ0) is 12.4. The quantitative estimate of drug-likeness (QED) is 0.833. The summed E-state index contributed by atoms with van der Waals surface area (Å²) < 4.78 is 7.34. The molecule has 17 heavy (non-hydrogen) atoms. The largest absolute Gasteiger partial charge is 0.383 e. The van der Waals surface area contributed by atoms with Crippen LogP contribution in [0, 0.1) is 0 Å². The number of aromatic nitrogens is 2. The van der Waals surface area contributed by atoms with E-state index in [-0.39, 0.29) is 0 Å². The Balaban J connectivity index is 2.56. The lowest BCUT2D eigenvalue weighted by molar-refractivity contribution is 0.187. The zero-order valence-corrected chi connectivity index (χ0v) is 11.2. The third kappa shape index (κ3) is 2.45. The van der Waals surface area contributed by atoms with Crippen molar-refractivity contribution in [1.29, 1.82) is 0 Å². The van der Waals surface area contributed by atoms with Gasteiger partial charge in [-0.15, -0.1) is 0 Å². The molecule has 92 valence electrons. The van der Waals surface area contributed by atoms with E-state index >= 15 is 0 Å². The van der Waals surface area contributed by atoms with Gasteiger partial charge in [0.15, 0.2) is 0 Å². The first-order chi connectivity index (χ1) is 8.13. The Labute approximate surface area is 106 Å². The Kier molecular flexibility index (Phi) is 3.69. The van der Waals surface area contributed by atoms with E-state index in [1.807, 2.05) is 18.2 Å². The summed E-state index contributed by atoms with van der Waals surface area (Å²) in [7, 11) is 1.71. The predicted molar refractivity (Wildman–Crippen MR) is 70.7 cm³/mol. The van der Waals surface area contributed by atoms with Crippen LogP contribution in [0.2, 0.25) is 5.02 Å². The number of benzene rings is 1. The van der Waals surface area contributed by atoms with Crippen molar-refractivity contribution in [3.8, 4) is 0 Å². The average Bonchev–Trinajstić information content (AvgIpc) is 2.64. The van der Waals surface area contributed by atoms with Crippen LogP contribution in [0.15, 0.2) is 18.2 Å². The standard InChI is InChI=1S/C13H17ClN2O/c1-9(2)13-15-11-5-4-10(14)8-12(11)16(13)6-7-17-3/h4-5,8-9H,6-7H2,1-3H3. The Morgan fingerprint density at radius 3 is 2.82 bits per heavy atom. The van der Waals surface area contributed by atoms with E-state index in [9.17, 15) is 0 Å². The zero-order valence-electron chi connectivity index (χ0n) is 10.4. The molecule has 0 unspecified atom stereocenters. The van der Waals surface area contributed by atoms with Gasteiger partial charge in [0.05, 0.1) is 17.6 Å². The van der Waals surface area contributed by atoms with Crippen molar-refractivity contribution in [2.24, 2.45) is 0 Å². The molecule has 0 fully saturated rings. The second kappa shape index (κ2) is 5.07. The van der Waals surface area contributed by atoms with E-state index in [0.29, 0.717) is 12.5 Å². The third-order valence-electron chi connectivity index (χ3n) is 2.78. The monoisotopic (exact) mass is 252 g/mol. The van der Waals surface area contributed by atoms with Crippen LogP contribution < -0.4 is 0 Å². The first-order valence-electron chi connectivity index (χ1n) is 5.78. The minimum Gasteiger partial charge on any atom is -0.383 e. The second-order valence-corrected chi connectivity index (χ2v) is 4.84. The Morgan fingerprint density at radius 2 is 2.18 bits per heavy atom. The smallest absolute Gasteiger partial charge is 0.112 e. The number of hydrogen-bond acceptors (Lipinski definition) is 2. The number of methoxy groups -OCH3 is 1. The van der Waals surface area contributed by atoms with Crippen molar-refractivity contribution in [2.75, 3.05) is 13.7 Å². The third-order valence-corrected chi connectivity index (χ3v) is 3.01. The number of imidazole rings is 1. The van der Waals surface area contributed by atoms with Crippen LogP contribution >= 0.6 is 11.6 Å². The molecule has 0 amide bonds. The van der Waals surface area contributed by atoms with Gasteiger partial charge in [0, 0.05) is 24.6 Å². The van der Waals surface area contributed by atoms with Gasteiger partial charge in [-0.05, 0) is 18.2 Å². The molecule has 1 aromatic carbocycles. The lowest BCUT2D eigenvalue weighted by atomic mass is 10.2. The topological polar surface area (TPSA) is 27.1 Å². The summed E-state index contributed by atoms with van der Waals surface area (Å²) in [6.45, 7) is 5.77. The summed E-state index contributed by atoms with van der Waals surface area (Å²) in [6.07, 6.45) is 0. The molecule has 0 radical (unpaired) electrons. The summed E-state index contributed by atoms with van der Waals surface area (Å²) in [4.78, 5) is 4.65. The van der Waals surface area contributed by atoms with Crippen LogP contribution in [0.25, 0.3) is 11.0 Å². The van der Waals surface area contributed by atoms with Gasteiger partial charge in [-0.3, -0.25) is 0 Å². The molecule has 0 saturated carbocycles. The van der Waals surface area contributed by atoms with Crippen LogP contribution in [-0.4, -0.2) is 23.3 Å². The minimum atomic E-state index is 0.387. The highest BCUT2D eigenvalue weighted by atomic mass is 35.5. The normalized spacial score (nSPS) is 11.6. The van der Waals surface area contributed by atoms with Crippen LogP contribution in [0.4, 0.5) is 0 Å². The van der Waals surface area contributed by atoms with Gasteiger partial charge < -0.3 is 9.30 Å². The lowest BCUT2D eigenvalue weighted by Crippen LogP contribution is -2.09. The van der Waals surface area contributed by atoms with Gasteiger partial charge in [0.25, 0.3) is 0 Å². The van der Waals surface area contributed by atoms with Crippen molar-refractivity contribution in [3.05, 3.63) is 29.0 Å². The maximum Gasteiger partial charge on any atom is 0.112 e. The molecule has 0 aliphatic heterocycles. The fourth-order valence-electron chi connectivity index (χ4n) is 1.97. The summed E-state index contributed by atoms with van der Waals surface area (Å²) in [5.74, 6) is 1.47. The van der Waals surface area contributed by atoms with Gasteiger partial charge in [-0.25, -0.2) is 4.98 Å². The summed E-state index contributed by atoms with van der Waals surface area (Å²) in [6, 6.07) is 5.81. The molecule has 2 rings (SSSR count). The number of fused-ring (bicyclic) bond motifs is 1. The van der Waals surface area contributed by atoms with Crippen LogP contribution in [0.3, 0.4) is 0 Å². The number of halogens is 1. The van der Waals surface area contributed by atoms with E-state index < -0.39 is 0 Å². The van der Waals surface area contributed by atoms with Gasteiger partial charge in [-0.1, -0.05) is 25.4 Å². The number of rotatable bonds is 4. The molecule has 0 bridgehead atoms. The first-order valence-corrected chi connectivity index (χ1v) is 6.16. The number of hydrogen-bond donors (Lipinski definition) is 0. The van der Waals surface area contributed by atoms with Crippen LogP contribution in [0.5, 0.6) is 0 Å². The molecule has 0 saturated heterocycles. The van der Waals surface area contributed by atoms with Gasteiger partial charge in [0.1, 0.15) is 5.82 Å². The van der Waals surface area contributed by atoms with Crippen LogP contribution in [-0.2, 0) is 11.3 Å². The SMILES string of the molecule is COCCn1c(C(C)C)nc2ccc(Cl)cc21. The lowest BCUT2D eigenvalue weighted by Gasteiger charge is -2.10. The molecular formula is C13H17ClN2O. The molecule has 0 spiro atoms. The Morgan fingerprint density at radius 1 is 1.41 bits per heavy atom. The maximum absolute atomic E-state index is 6.04. The summed E-state index contributed by atoms with van der Waals surface area (Å²) >= 11 is 6.04. The van der Waals surface area contributed by atoms with E-state index in [1.54, 1.807) is 7.11 Å². The molecule has 0 atom stereocenters. The van der Waals surface area contributed by atoms with E-state index in [2.05, 4.69) is 23.4 Å². The number of nitrogens with zero attached hydrogens (tertiary/aromatic N) is 2. The first kappa shape index (κ1) is 12.4. The van der Waals surface area contributed by atoms with E-state index in [1.165, 1.54) is 0 Å². The van der Waals surface area contributed by atoms with Crippen molar-refractivity contribution in [1.82, 2.24) is 9.55 Å². The fraction of sp³-hybridized carbons (Fsp3) is 0.462. The molecular weight excluding hydrogens is 236 g/mol. The number of ether oxygens (including phenoxy) is 1. The minimum absolute atomic E-state index is 0.387. The molecule has 1 aromatic heterocycles. The molecule has 0 aliphatic carbocycles. The average molecular weight is 253 g/mol. The van der Waals surface area contributed by atoms with Crippen molar-refractivity contribution in [2.45, 2.75) is 26.3 Å². The highest BCUT2D eigenvalue weighted by molar-refractivity contribution is 6.31. The van der Waals surface area contributed by atoms with E-state index in [4.69, 9.17) is 16.3 Å². The molecule has 2 aromatic rings. The fourth-order valence-corrected chi connectivity index (χ4v) is 2.14. The van der Waals surface area contributed by atoms with E-state index in [0.717, 1.165) is 28.4 Å². The van der Waals surface area contributed by atoms with Crippen molar-refractivity contribution < 1.29 is 4.74 Å². The second-order valence-electron chi connectivity index (χ2n) is 4.40.